The fraction of sp³-hybridized carbons (Fsp3) is 0.364. The second-order valence-corrected chi connectivity index (χ2v) is 10.1. The van der Waals surface area contributed by atoms with Gasteiger partial charge in [-0.3, -0.25) is 9.59 Å². The van der Waals surface area contributed by atoms with Crippen LogP contribution in [0, 0.1) is 0 Å². The van der Waals surface area contributed by atoms with Gasteiger partial charge in [0.25, 0.3) is 5.91 Å². The minimum Gasteiger partial charge on any atom is -0.345 e. The summed E-state index contributed by atoms with van der Waals surface area (Å²) in [4.78, 5) is 27.5. The second kappa shape index (κ2) is 7.30. The van der Waals surface area contributed by atoms with Gasteiger partial charge in [-0.15, -0.1) is 0 Å². The van der Waals surface area contributed by atoms with Crippen molar-refractivity contribution in [2.24, 2.45) is 0 Å². The maximum absolute atomic E-state index is 12.8. The lowest BCUT2D eigenvalue weighted by Crippen LogP contribution is -2.50. The number of carbonyl (C=O) groups is 2. The predicted molar refractivity (Wildman–Crippen MR) is 109 cm³/mol. The van der Waals surface area contributed by atoms with Crippen LogP contribution >= 0.6 is 0 Å². The molecule has 1 saturated heterocycles. The van der Waals surface area contributed by atoms with Crippen LogP contribution in [0.25, 0.3) is 0 Å². The summed E-state index contributed by atoms with van der Waals surface area (Å²) in [6.45, 7) is 1.11. The van der Waals surface area contributed by atoms with Crippen molar-refractivity contribution in [3.63, 3.8) is 0 Å². The number of aryl methyl sites for hydroxylation is 1. The Morgan fingerprint density at radius 3 is 2.55 bits per heavy atom. The number of nitrogens with one attached hydrogen (secondary N) is 1. The lowest BCUT2D eigenvalue weighted by molar-refractivity contribution is -0.129. The van der Waals surface area contributed by atoms with E-state index in [1.165, 1.54) is 12.1 Å². The Labute approximate surface area is 170 Å². The number of carbonyl (C=O) groups excluding carboxylic acids is 2. The van der Waals surface area contributed by atoms with E-state index in [2.05, 4.69) is 5.32 Å². The Balaban J connectivity index is 1.43. The lowest BCUT2D eigenvalue weighted by atomic mass is 9.91. The average molecular weight is 413 g/mol. The van der Waals surface area contributed by atoms with Crippen LogP contribution in [-0.2, 0) is 27.5 Å². The second-order valence-electron chi connectivity index (χ2n) is 8.05. The smallest absolute Gasteiger partial charge is 0.252 e. The molecular formula is C22H24N2O4S. The Morgan fingerprint density at radius 2 is 1.83 bits per heavy atom. The van der Waals surface area contributed by atoms with Gasteiger partial charge in [-0.25, -0.2) is 8.42 Å². The van der Waals surface area contributed by atoms with E-state index in [1.807, 2.05) is 24.3 Å². The summed E-state index contributed by atoms with van der Waals surface area (Å²) >= 11 is 0. The van der Waals surface area contributed by atoms with Crippen molar-refractivity contribution in [2.45, 2.75) is 36.1 Å². The zero-order valence-corrected chi connectivity index (χ0v) is 17.2. The summed E-state index contributed by atoms with van der Waals surface area (Å²) in [7, 11) is -3.25. The summed E-state index contributed by atoms with van der Waals surface area (Å²) in [5, 5.41) is 3.18. The molecule has 2 aliphatic heterocycles. The minimum absolute atomic E-state index is 0.00927. The fourth-order valence-electron chi connectivity index (χ4n) is 4.24. The number of likely N-dealkylation sites (tertiary alicyclic amines) is 1. The maximum atomic E-state index is 12.8. The van der Waals surface area contributed by atoms with Gasteiger partial charge in [0, 0.05) is 24.9 Å². The van der Waals surface area contributed by atoms with Crippen LogP contribution in [0.15, 0.2) is 53.4 Å². The van der Waals surface area contributed by atoms with Crippen molar-refractivity contribution < 1.29 is 18.0 Å². The Kier molecular flexibility index (Phi) is 4.94. The summed E-state index contributed by atoms with van der Waals surface area (Å²) in [6, 6.07) is 14.1. The maximum Gasteiger partial charge on any atom is 0.252 e. The number of nitrogens with zero attached hydrogens (tertiary/aromatic N) is 1. The number of sulfone groups is 1. The SMILES string of the molecule is CS(=O)(=O)c1ccc(CC(=O)N2CC[C@]3(CCc4ccccc4C(=O)N3)C2)cc1. The summed E-state index contributed by atoms with van der Waals surface area (Å²) < 4.78 is 23.1. The number of hydrogen-bond acceptors (Lipinski definition) is 4. The van der Waals surface area contributed by atoms with Crippen LogP contribution in [0.3, 0.4) is 0 Å². The molecule has 0 aliphatic carbocycles. The molecule has 2 aliphatic rings. The van der Waals surface area contributed by atoms with Gasteiger partial charge in [-0.1, -0.05) is 30.3 Å². The van der Waals surface area contributed by atoms with Crippen LogP contribution in [0.4, 0.5) is 0 Å². The standard InChI is InChI=1S/C22H24N2O4S/c1-29(27,28)18-8-6-16(7-9-18)14-20(25)24-13-12-22(15-24)11-10-17-4-2-3-5-19(17)21(26)23-22/h2-9H,10-15H2,1H3,(H,23,26)/t22-/m1/s1. The molecule has 6 nitrogen and oxygen atoms in total. The van der Waals surface area contributed by atoms with Gasteiger partial charge < -0.3 is 10.2 Å². The van der Waals surface area contributed by atoms with E-state index in [0.717, 1.165) is 42.2 Å². The van der Waals surface area contributed by atoms with E-state index < -0.39 is 9.84 Å². The van der Waals surface area contributed by atoms with E-state index in [4.69, 9.17) is 0 Å². The van der Waals surface area contributed by atoms with Crippen molar-refractivity contribution in [3.05, 3.63) is 65.2 Å². The van der Waals surface area contributed by atoms with Gasteiger partial charge in [0.2, 0.25) is 5.91 Å². The average Bonchev–Trinajstić information content (AvgIpc) is 3.04. The highest BCUT2D eigenvalue weighted by molar-refractivity contribution is 7.90. The molecule has 1 N–H and O–H groups in total. The molecule has 4 rings (SSSR count). The predicted octanol–water partition coefficient (Wildman–Crippen LogP) is 1.98. The molecule has 2 aromatic rings. The fourth-order valence-corrected chi connectivity index (χ4v) is 4.87. The summed E-state index contributed by atoms with van der Waals surface area (Å²) in [5.41, 5.74) is 2.17. The Morgan fingerprint density at radius 1 is 1.10 bits per heavy atom. The van der Waals surface area contributed by atoms with E-state index in [9.17, 15) is 18.0 Å². The van der Waals surface area contributed by atoms with Crippen molar-refractivity contribution in [3.8, 4) is 0 Å². The van der Waals surface area contributed by atoms with Crippen molar-refractivity contribution in [1.82, 2.24) is 10.2 Å². The first-order valence-corrected chi connectivity index (χ1v) is 11.6. The minimum atomic E-state index is -3.25. The van der Waals surface area contributed by atoms with Crippen molar-refractivity contribution in [2.75, 3.05) is 19.3 Å². The number of fused-ring (bicyclic) bond motifs is 1. The van der Waals surface area contributed by atoms with Crippen molar-refractivity contribution in [1.29, 1.82) is 0 Å². The molecule has 1 spiro atoms. The molecular weight excluding hydrogens is 388 g/mol. The molecule has 2 amide bonds. The third-order valence-corrected chi connectivity index (χ3v) is 7.06. The monoisotopic (exact) mass is 412 g/mol. The first kappa shape index (κ1) is 19.6. The van der Waals surface area contributed by atoms with Gasteiger partial charge in [0.15, 0.2) is 9.84 Å². The van der Waals surface area contributed by atoms with E-state index >= 15 is 0 Å². The third-order valence-electron chi connectivity index (χ3n) is 5.93. The largest absolute Gasteiger partial charge is 0.345 e. The molecule has 0 unspecified atom stereocenters. The highest BCUT2D eigenvalue weighted by atomic mass is 32.2. The molecule has 0 aromatic heterocycles. The summed E-state index contributed by atoms with van der Waals surface area (Å²) in [5.74, 6) is -0.0752. The van der Waals surface area contributed by atoms with Crippen LogP contribution in [0.5, 0.6) is 0 Å². The topological polar surface area (TPSA) is 83.6 Å². The molecule has 152 valence electrons. The van der Waals surface area contributed by atoms with E-state index in [-0.39, 0.29) is 28.7 Å². The van der Waals surface area contributed by atoms with Crippen LogP contribution < -0.4 is 5.32 Å². The van der Waals surface area contributed by atoms with Crippen LogP contribution in [0.2, 0.25) is 0 Å². The number of rotatable bonds is 3. The molecule has 7 heteroatoms. The molecule has 1 atom stereocenters. The number of benzene rings is 2. The van der Waals surface area contributed by atoms with E-state index in [0.29, 0.717) is 13.1 Å². The van der Waals surface area contributed by atoms with Crippen LogP contribution in [0.1, 0.15) is 34.3 Å². The van der Waals surface area contributed by atoms with Crippen LogP contribution in [-0.4, -0.2) is 50.0 Å². The third kappa shape index (κ3) is 4.05. The zero-order valence-electron chi connectivity index (χ0n) is 16.3. The first-order chi connectivity index (χ1) is 13.8. The molecule has 0 radical (unpaired) electrons. The molecule has 2 aromatic carbocycles. The lowest BCUT2D eigenvalue weighted by Gasteiger charge is -2.29. The Bertz CT molecular complexity index is 1060. The van der Waals surface area contributed by atoms with E-state index in [1.54, 1.807) is 17.0 Å². The quantitative estimate of drug-likeness (QED) is 0.836. The number of amides is 2. The zero-order chi connectivity index (χ0) is 20.6. The van der Waals surface area contributed by atoms with Gasteiger partial charge in [0.05, 0.1) is 16.9 Å². The van der Waals surface area contributed by atoms with Gasteiger partial charge in [-0.2, -0.15) is 0 Å². The first-order valence-electron chi connectivity index (χ1n) is 9.73. The van der Waals surface area contributed by atoms with Gasteiger partial charge in [0.1, 0.15) is 0 Å². The highest BCUT2D eigenvalue weighted by Gasteiger charge is 2.42. The molecule has 0 saturated carbocycles. The molecule has 29 heavy (non-hydrogen) atoms. The van der Waals surface area contributed by atoms with Crippen molar-refractivity contribution >= 4 is 21.7 Å². The Hall–Kier alpha value is -2.67. The highest BCUT2D eigenvalue weighted by Crippen LogP contribution is 2.31. The molecule has 0 bridgehead atoms. The van der Waals surface area contributed by atoms with Gasteiger partial charge in [-0.05, 0) is 48.6 Å². The summed E-state index contributed by atoms with van der Waals surface area (Å²) in [6.07, 6.45) is 3.74. The normalized spacial score (nSPS) is 21.6. The number of hydrogen-bond donors (Lipinski definition) is 1. The molecule has 2 heterocycles. The van der Waals surface area contributed by atoms with Gasteiger partial charge >= 0.3 is 0 Å². The molecule has 1 fully saturated rings.